The van der Waals surface area contributed by atoms with Gasteiger partial charge in [0.2, 0.25) is 0 Å². The molecule has 0 bridgehead atoms. The monoisotopic (exact) mass is 386 g/mol. The Morgan fingerprint density at radius 3 is 2.50 bits per heavy atom. The van der Waals surface area contributed by atoms with Gasteiger partial charge in [0, 0.05) is 11.3 Å². The first-order valence-corrected chi connectivity index (χ1v) is 10.3. The van der Waals surface area contributed by atoms with Gasteiger partial charge < -0.3 is 20.1 Å². The van der Waals surface area contributed by atoms with Crippen LogP contribution >= 0.6 is 0 Å². The van der Waals surface area contributed by atoms with Crippen LogP contribution in [0.3, 0.4) is 0 Å². The fraction of sp³-hybridized carbons (Fsp3) is 0.545. The maximum atomic E-state index is 13.1. The lowest BCUT2D eigenvalue weighted by Crippen LogP contribution is -2.45. The summed E-state index contributed by atoms with van der Waals surface area (Å²) in [5.41, 5.74) is 1.72. The summed E-state index contributed by atoms with van der Waals surface area (Å²) in [6.07, 6.45) is 7.56. The van der Waals surface area contributed by atoms with Crippen molar-refractivity contribution < 1.29 is 19.1 Å². The Balaban J connectivity index is 1.86. The molecule has 1 heterocycles. The number of nitrogens with one attached hydrogen (secondary N) is 2. The molecule has 1 aromatic rings. The van der Waals surface area contributed by atoms with Crippen LogP contribution in [0.2, 0.25) is 0 Å². The zero-order chi connectivity index (χ0) is 19.9. The largest absolute Gasteiger partial charge is 0.494 e. The second-order valence-corrected chi connectivity index (χ2v) is 7.41. The standard InChI is InChI=1S/C22H30N2O4/c1-3-27-18-14-10-9-13-17(18)20-19(15(2)23-22(26)24-20)21(25)28-16-11-7-5-4-6-8-12-16/h9-10,13-14,16,20H,3-8,11-12H2,1-2H3,(H2,23,24,26)/t20-/m0/s1. The van der Waals surface area contributed by atoms with Crippen LogP contribution in [-0.4, -0.2) is 24.7 Å². The number of amides is 2. The van der Waals surface area contributed by atoms with E-state index in [1.165, 1.54) is 19.3 Å². The molecule has 0 saturated heterocycles. The first-order chi connectivity index (χ1) is 13.6. The van der Waals surface area contributed by atoms with Crippen molar-refractivity contribution in [1.29, 1.82) is 0 Å². The second-order valence-electron chi connectivity index (χ2n) is 7.41. The minimum Gasteiger partial charge on any atom is -0.494 e. The van der Waals surface area contributed by atoms with E-state index in [9.17, 15) is 9.59 Å². The van der Waals surface area contributed by atoms with Gasteiger partial charge >= 0.3 is 12.0 Å². The maximum absolute atomic E-state index is 13.1. The Morgan fingerprint density at radius 2 is 1.79 bits per heavy atom. The van der Waals surface area contributed by atoms with Crippen molar-refractivity contribution in [3.63, 3.8) is 0 Å². The summed E-state index contributed by atoms with van der Waals surface area (Å²) in [6.45, 7) is 4.15. The average Bonchev–Trinajstić information content (AvgIpc) is 2.64. The van der Waals surface area contributed by atoms with Gasteiger partial charge in [0.15, 0.2) is 0 Å². The van der Waals surface area contributed by atoms with Gasteiger partial charge in [-0.15, -0.1) is 0 Å². The summed E-state index contributed by atoms with van der Waals surface area (Å²) >= 11 is 0. The van der Waals surface area contributed by atoms with E-state index in [1.807, 2.05) is 31.2 Å². The van der Waals surface area contributed by atoms with Crippen LogP contribution in [0.15, 0.2) is 35.5 Å². The first kappa shape index (κ1) is 20.2. The van der Waals surface area contributed by atoms with Crippen molar-refractivity contribution >= 4 is 12.0 Å². The molecule has 1 fully saturated rings. The minimum absolute atomic E-state index is 0.0616. The van der Waals surface area contributed by atoms with Crippen LogP contribution in [0.5, 0.6) is 5.75 Å². The number of hydrogen-bond acceptors (Lipinski definition) is 4. The lowest BCUT2D eigenvalue weighted by Gasteiger charge is -2.30. The minimum atomic E-state index is -0.599. The summed E-state index contributed by atoms with van der Waals surface area (Å²) in [4.78, 5) is 25.2. The zero-order valence-corrected chi connectivity index (χ0v) is 16.8. The molecule has 1 aliphatic heterocycles. The molecule has 152 valence electrons. The number of carbonyl (C=O) groups excluding carboxylic acids is 2. The van der Waals surface area contributed by atoms with E-state index in [-0.39, 0.29) is 18.1 Å². The molecule has 0 radical (unpaired) electrons. The van der Waals surface area contributed by atoms with E-state index in [0.29, 0.717) is 23.6 Å². The van der Waals surface area contributed by atoms with E-state index in [2.05, 4.69) is 10.6 Å². The summed E-state index contributed by atoms with van der Waals surface area (Å²) < 4.78 is 11.6. The molecule has 2 amide bonds. The van der Waals surface area contributed by atoms with Gasteiger partial charge in [-0.3, -0.25) is 0 Å². The molecule has 2 aliphatic rings. The Hall–Kier alpha value is -2.50. The van der Waals surface area contributed by atoms with Gasteiger partial charge in [-0.2, -0.15) is 0 Å². The van der Waals surface area contributed by atoms with E-state index in [4.69, 9.17) is 9.47 Å². The predicted octanol–water partition coefficient (Wildman–Crippen LogP) is 4.37. The lowest BCUT2D eigenvalue weighted by atomic mass is 9.94. The highest BCUT2D eigenvalue weighted by Crippen LogP contribution is 2.34. The molecule has 2 N–H and O–H groups in total. The Kier molecular flexibility index (Phi) is 6.95. The normalized spacial score (nSPS) is 21.2. The highest BCUT2D eigenvalue weighted by molar-refractivity contribution is 5.95. The molecule has 0 spiro atoms. The van der Waals surface area contributed by atoms with E-state index in [0.717, 1.165) is 31.2 Å². The number of urea groups is 1. The zero-order valence-electron chi connectivity index (χ0n) is 16.8. The van der Waals surface area contributed by atoms with Crippen LogP contribution < -0.4 is 15.4 Å². The van der Waals surface area contributed by atoms with Crippen molar-refractivity contribution in [3.8, 4) is 5.75 Å². The molecule has 1 aliphatic carbocycles. The average molecular weight is 386 g/mol. The van der Waals surface area contributed by atoms with E-state index < -0.39 is 6.04 Å². The van der Waals surface area contributed by atoms with E-state index >= 15 is 0 Å². The predicted molar refractivity (Wildman–Crippen MR) is 107 cm³/mol. The molecule has 0 aromatic heterocycles. The number of ether oxygens (including phenoxy) is 2. The molecular formula is C22H30N2O4. The Bertz CT molecular complexity index is 736. The third kappa shape index (κ3) is 4.86. The van der Waals surface area contributed by atoms with E-state index in [1.54, 1.807) is 6.92 Å². The molecule has 6 nitrogen and oxygen atoms in total. The van der Waals surface area contributed by atoms with Crippen molar-refractivity contribution in [1.82, 2.24) is 10.6 Å². The van der Waals surface area contributed by atoms with Crippen LogP contribution in [0.1, 0.15) is 70.4 Å². The summed E-state index contributed by atoms with van der Waals surface area (Å²) in [5, 5.41) is 5.57. The summed E-state index contributed by atoms with van der Waals surface area (Å²) in [6, 6.07) is 6.53. The van der Waals surface area contributed by atoms with Crippen molar-refractivity contribution in [3.05, 3.63) is 41.1 Å². The number of hydrogen-bond donors (Lipinski definition) is 2. The lowest BCUT2D eigenvalue weighted by molar-refractivity contribution is -0.145. The quantitative estimate of drug-likeness (QED) is 0.737. The van der Waals surface area contributed by atoms with Gasteiger partial charge in [0.25, 0.3) is 0 Å². The number of benzene rings is 1. The highest BCUT2D eigenvalue weighted by atomic mass is 16.5. The smallest absolute Gasteiger partial charge is 0.338 e. The van der Waals surface area contributed by atoms with Crippen molar-refractivity contribution in [2.75, 3.05) is 6.61 Å². The second kappa shape index (κ2) is 9.62. The third-order valence-electron chi connectivity index (χ3n) is 5.34. The fourth-order valence-electron chi connectivity index (χ4n) is 3.96. The van der Waals surface area contributed by atoms with Gasteiger partial charge in [0.1, 0.15) is 11.9 Å². The number of rotatable bonds is 5. The van der Waals surface area contributed by atoms with Crippen LogP contribution in [0, 0.1) is 0 Å². The molecule has 1 aromatic carbocycles. The maximum Gasteiger partial charge on any atom is 0.338 e. The van der Waals surface area contributed by atoms with Gasteiger partial charge in [0.05, 0.1) is 18.2 Å². The topological polar surface area (TPSA) is 76.7 Å². The van der Waals surface area contributed by atoms with Crippen LogP contribution in [-0.2, 0) is 9.53 Å². The van der Waals surface area contributed by atoms with Gasteiger partial charge in [-0.05, 0) is 45.6 Å². The molecule has 0 unspecified atom stereocenters. The number of carbonyl (C=O) groups is 2. The highest BCUT2D eigenvalue weighted by Gasteiger charge is 2.34. The summed E-state index contributed by atoms with van der Waals surface area (Å²) in [7, 11) is 0. The number of esters is 1. The molecule has 6 heteroatoms. The molecule has 28 heavy (non-hydrogen) atoms. The SMILES string of the molecule is CCOc1ccccc1[C@@H]1NC(=O)NC(C)=C1C(=O)OC1CCCCCCC1. The van der Waals surface area contributed by atoms with Crippen LogP contribution in [0.25, 0.3) is 0 Å². The molecule has 1 saturated carbocycles. The van der Waals surface area contributed by atoms with Crippen molar-refractivity contribution in [2.24, 2.45) is 0 Å². The third-order valence-corrected chi connectivity index (χ3v) is 5.34. The Labute approximate surface area is 166 Å². The molecule has 1 atom stereocenters. The number of para-hydroxylation sites is 1. The van der Waals surface area contributed by atoms with Gasteiger partial charge in [-0.1, -0.05) is 37.5 Å². The molecule has 3 rings (SSSR count). The summed E-state index contributed by atoms with van der Waals surface area (Å²) in [5.74, 6) is 0.285. The van der Waals surface area contributed by atoms with Gasteiger partial charge in [-0.25, -0.2) is 9.59 Å². The van der Waals surface area contributed by atoms with Crippen molar-refractivity contribution in [2.45, 2.75) is 70.9 Å². The first-order valence-electron chi connectivity index (χ1n) is 10.3. The van der Waals surface area contributed by atoms with Crippen LogP contribution in [0.4, 0.5) is 4.79 Å². The molecular weight excluding hydrogens is 356 g/mol. The fourth-order valence-corrected chi connectivity index (χ4v) is 3.96. The Morgan fingerprint density at radius 1 is 1.11 bits per heavy atom. The number of allylic oxidation sites excluding steroid dienone is 1.